The molecule has 0 aromatic heterocycles. The van der Waals surface area contributed by atoms with Gasteiger partial charge in [0, 0.05) is 19.6 Å². The van der Waals surface area contributed by atoms with Crippen LogP contribution in [0.15, 0.2) is 54.6 Å². The van der Waals surface area contributed by atoms with Crippen molar-refractivity contribution < 1.29 is 22.7 Å². The Labute approximate surface area is 177 Å². The minimum absolute atomic E-state index is 0.00397. The lowest BCUT2D eigenvalue weighted by atomic mass is 10.3. The molecule has 30 heavy (non-hydrogen) atoms. The Bertz CT molecular complexity index is 942. The molecule has 2 atom stereocenters. The second-order valence-electron chi connectivity index (χ2n) is 7.18. The Hall–Kier alpha value is -2.62. The van der Waals surface area contributed by atoms with E-state index in [9.17, 15) is 13.2 Å². The van der Waals surface area contributed by atoms with E-state index in [2.05, 4.69) is 10.6 Å². The third-order valence-corrected chi connectivity index (χ3v) is 6.34. The minimum atomic E-state index is -3.48. The number of anilines is 1. The van der Waals surface area contributed by atoms with Crippen LogP contribution in [0.25, 0.3) is 0 Å². The van der Waals surface area contributed by atoms with E-state index in [4.69, 9.17) is 9.47 Å². The van der Waals surface area contributed by atoms with Crippen LogP contribution in [0.1, 0.15) is 13.8 Å². The van der Waals surface area contributed by atoms with Crippen LogP contribution in [-0.2, 0) is 14.8 Å². The quantitative estimate of drug-likeness (QED) is 0.700. The van der Waals surface area contributed by atoms with Gasteiger partial charge in [-0.15, -0.1) is 0 Å². The maximum atomic E-state index is 12.6. The first-order valence-corrected chi connectivity index (χ1v) is 11.4. The van der Waals surface area contributed by atoms with Crippen LogP contribution in [0.2, 0.25) is 0 Å². The molecule has 1 heterocycles. The minimum Gasteiger partial charge on any atom is -0.455 e. The van der Waals surface area contributed by atoms with Crippen molar-refractivity contribution in [3.8, 4) is 11.5 Å². The van der Waals surface area contributed by atoms with E-state index >= 15 is 0 Å². The van der Waals surface area contributed by atoms with Gasteiger partial charge >= 0.3 is 6.03 Å². The Morgan fingerprint density at radius 3 is 2.40 bits per heavy atom. The smallest absolute Gasteiger partial charge is 0.319 e. The average molecular weight is 434 g/mol. The van der Waals surface area contributed by atoms with Gasteiger partial charge in [0.1, 0.15) is 5.75 Å². The monoisotopic (exact) mass is 433 g/mol. The molecule has 2 aromatic carbocycles. The maximum Gasteiger partial charge on any atom is 0.319 e. The molecule has 0 spiro atoms. The van der Waals surface area contributed by atoms with Crippen molar-refractivity contribution >= 4 is 21.7 Å². The lowest BCUT2D eigenvalue weighted by molar-refractivity contribution is -0.0440. The number of carbonyl (C=O) groups is 1. The molecule has 3 rings (SSSR count). The Kier molecular flexibility index (Phi) is 7.30. The Morgan fingerprint density at radius 2 is 1.70 bits per heavy atom. The molecule has 162 valence electrons. The summed E-state index contributed by atoms with van der Waals surface area (Å²) in [6, 6.07) is 15.8. The summed E-state index contributed by atoms with van der Waals surface area (Å²) in [6.45, 7) is 4.33. The molecular weight excluding hydrogens is 406 g/mol. The largest absolute Gasteiger partial charge is 0.455 e. The van der Waals surface area contributed by atoms with Crippen molar-refractivity contribution in [2.75, 3.05) is 30.7 Å². The number of carbonyl (C=O) groups excluding carboxylic acids is 1. The third kappa shape index (κ3) is 6.19. The summed E-state index contributed by atoms with van der Waals surface area (Å²) in [6.07, 6.45) is -0.304. The van der Waals surface area contributed by atoms with Crippen LogP contribution in [0.5, 0.6) is 11.5 Å². The Morgan fingerprint density at radius 1 is 1.07 bits per heavy atom. The van der Waals surface area contributed by atoms with Gasteiger partial charge in [-0.2, -0.15) is 4.31 Å². The van der Waals surface area contributed by atoms with Crippen LogP contribution in [-0.4, -0.2) is 56.3 Å². The predicted octanol–water partition coefficient (Wildman–Crippen LogP) is 3.04. The lowest BCUT2D eigenvalue weighted by Crippen LogP contribution is -2.49. The number of hydrogen-bond acceptors (Lipinski definition) is 5. The van der Waals surface area contributed by atoms with Crippen LogP contribution in [0.3, 0.4) is 0 Å². The number of urea groups is 1. The third-order valence-electron chi connectivity index (χ3n) is 4.53. The number of nitrogens with one attached hydrogen (secondary N) is 2. The first-order valence-electron chi connectivity index (χ1n) is 9.83. The highest BCUT2D eigenvalue weighted by Crippen LogP contribution is 2.28. The highest BCUT2D eigenvalue weighted by molar-refractivity contribution is 7.89. The molecule has 0 bridgehead atoms. The van der Waals surface area contributed by atoms with Crippen molar-refractivity contribution in [2.45, 2.75) is 26.1 Å². The van der Waals surface area contributed by atoms with Gasteiger partial charge in [-0.05, 0) is 38.1 Å². The fourth-order valence-electron chi connectivity index (χ4n) is 3.22. The summed E-state index contributed by atoms with van der Waals surface area (Å²) in [5, 5.41) is 5.30. The highest BCUT2D eigenvalue weighted by atomic mass is 32.2. The molecule has 1 aliphatic heterocycles. The number of benzene rings is 2. The number of morpholine rings is 1. The molecular formula is C21H27N3O5S. The van der Waals surface area contributed by atoms with E-state index < -0.39 is 16.1 Å². The maximum absolute atomic E-state index is 12.6. The van der Waals surface area contributed by atoms with Gasteiger partial charge in [0.25, 0.3) is 0 Å². The first-order chi connectivity index (χ1) is 14.3. The van der Waals surface area contributed by atoms with Crippen molar-refractivity contribution in [1.29, 1.82) is 0 Å². The Balaban J connectivity index is 1.53. The normalized spacial score (nSPS) is 19.8. The number of amides is 2. The number of sulfonamides is 1. The topological polar surface area (TPSA) is 97.0 Å². The zero-order valence-electron chi connectivity index (χ0n) is 17.1. The molecule has 1 aliphatic rings. The fourth-order valence-corrected chi connectivity index (χ4v) is 4.71. The summed E-state index contributed by atoms with van der Waals surface area (Å²) < 4.78 is 37.9. The lowest BCUT2D eigenvalue weighted by Gasteiger charge is -2.34. The van der Waals surface area contributed by atoms with E-state index in [-0.39, 0.29) is 24.5 Å². The van der Waals surface area contributed by atoms with Gasteiger partial charge in [-0.25, -0.2) is 13.2 Å². The van der Waals surface area contributed by atoms with Gasteiger partial charge < -0.3 is 20.1 Å². The second kappa shape index (κ2) is 9.92. The van der Waals surface area contributed by atoms with Gasteiger partial charge in [0.05, 0.1) is 23.6 Å². The zero-order valence-corrected chi connectivity index (χ0v) is 17.9. The molecule has 1 saturated heterocycles. The van der Waals surface area contributed by atoms with Crippen LogP contribution in [0, 0.1) is 0 Å². The van der Waals surface area contributed by atoms with Crippen LogP contribution >= 0.6 is 0 Å². The molecule has 2 amide bonds. The molecule has 2 N–H and O–H groups in total. The van der Waals surface area contributed by atoms with Gasteiger partial charge in [0.2, 0.25) is 10.0 Å². The van der Waals surface area contributed by atoms with E-state index in [1.807, 2.05) is 44.2 Å². The summed E-state index contributed by atoms with van der Waals surface area (Å²) in [4.78, 5) is 12.3. The summed E-state index contributed by atoms with van der Waals surface area (Å²) in [5.74, 6) is 0.956. The number of para-hydroxylation sites is 3. The summed E-state index contributed by atoms with van der Waals surface area (Å²) in [5.41, 5.74) is 0.484. The van der Waals surface area contributed by atoms with Crippen molar-refractivity contribution in [3.05, 3.63) is 54.6 Å². The zero-order chi connectivity index (χ0) is 21.6. The molecule has 0 aliphatic carbocycles. The van der Waals surface area contributed by atoms with Crippen LogP contribution in [0.4, 0.5) is 10.5 Å². The molecule has 2 unspecified atom stereocenters. The van der Waals surface area contributed by atoms with E-state index in [1.165, 1.54) is 4.31 Å². The van der Waals surface area contributed by atoms with Crippen molar-refractivity contribution in [1.82, 2.24) is 9.62 Å². The molecule has 2 aromatic rings. The number of hydrogen-bond donors (Lipinski definition) is 2. The van der Waals surface area contributed by atoms with E-state index in [0.29, 0.717) is 30.3 Å². The number of nitrogens with zero attached hydrogens (tertiary/aromatic N) is 1. The molecule has 0 saturated carbocycles. The highest BCUT2D eigenvalue weighted by Gasteiger charge is 2.30. The number of ether oxygens (including phenoxy) is 2. The van der Waals surface area contributed by atoms with Gasteiger partial charge in [0.15, 0.2) is 5.75 Å². The molecule has 0 radical (unpaired) electrons. The molecule has 9 heteroatoms. The van der Waals surface area contributed by atoms with Crippen LogP contribution < -0.4 is 15.4 Å². The van der Waals surface area contributed by atoms with Crippen molar-refractivity contribution in [2.24, 2.45) is 0 Å². The van der Waals surface area contributed by atoms with E-state index in [1.54, 1.807) is 24.3 Å². The summed E-state index contributed by atoms with van der Waals surface area (Å²) in [7, 11) is -3.48. The fraction of sp³-hybridized carbons (Fsp3) is 0.381. The van der Waals surface area contributed by atoms with Crippen molar-refractivity contribution in [3.63, 3.8) is 0 Å². The standard InChI is InChI=1S/C21H27N3O5S/c1-16-14-24(15-17(2)28-16)30(26,27)13-12-22-21(25)23-19-10-6-7-11-20(19)29-18-8-4-3-5-9-18/h3-11,16-17H,12-15H2,1-2H3,(H2,22,23,25). The number of rotatable bonds is 7. The SMILES string of the molecule is CC1CN(S(=O)(=O)CCNC(=O)Nc2ccccc2Oc2ccccc2)CC(C)O1. The summed E-state index contributed by atoms with van der Waals surface area (Å²) >= 11 is 0. The van der Waals surface area contributed by atoms with E-state index in [0.717, 1.165) is 0 Å². The molecule has 8 nitrogen and oxygen atoms in total. The van der Waals surface area contributed by atoms with Gasteiger partial charge in [-0.1, -0.05) is 30.3 Å². The van der Waals surface area contributed by atoms with Gasteiger partial charge in [-0.3, -0.25) is 0 Å². The average Bonchev–Trinajstić information content (AvgIpc) is 2.69. The first kappa shape index (κ1) is 22.1. The second-order valence-corrected chi connectivity index (χ2v) is 9.27. The predicted molar refractivity (Wildman–Crippen MR) is 115 cm³/mol. The molecule has 1 fully saturated rings.